The Morgan fingerprint density at radius 1 is 1.22 bits per heavy atom. The van der Waals surface area contributed by atoms with Crippen molar-refractivity contribution in [3.63, 3.8) is 0 Å². The number of hydrogen-bond acceptors (Lipinski definition) is 3. The van der Waals surface area contributed by atoms with Gasteiger partial charge < -0.3 is 15.4 Å². The zero-order valence-corrected chi connectivity index (χ0v) is 11.8. The maximum atomic E-state index is 5.64. The molecule has 0 aliphatic rings. The first-order valence-corrected chi connectivity index (χ1v) is 6.86. The lowest BCUT2D eigenvalue weighted by Crippen LogP contribution is -2.34. The molecule has 0 fully saturated rings. The topological polar surface area (TPSA) is 33.3 Å². The van der Waals surface area contributed by atoms with E-state index in [1.54, 1.807) is 0 Å². The first-order valence-electron chi connectivity index (χ1n) is 6.86. The molecule has 18 heavy (non-hydrogen) atoms. The normalized spacial score (nSPS) is 12.4. The highest BCUT2D eigenvalue weighted by molar-refractivity contribution is 5.27. The van der Waals surface area contributed by atoms with Crippen LogP contribution in [-0.4, -0.2) is 26.2 Å². The van der Waals surface area contributed by atoms with E-state index >= 15 is 0 Å². The van der Waals surface area contributed by atoms with E-state index in [1.165, 1.54) is 12.0 Å². The molecule has 0 aromatic heterocycles. The average molecular weight is 250 g/mol. The molecule has 2 N–H and O–H groups in total. The molecule has 3 heteroatoms. The van der Waals surface area contributed by atoms with E-state index in [0.29, 0.717) is 6.04 Å². The Kier molecular flexibility index (Phi) is 7.46. The number of unbranched alkanes of at least 4 members (excludes halogenated alkanes) is 1. The summed E-state index contributed by atoms with van der Waals surface area (Å²) in [6.07, 6.45) is 2.29. The van der Waals surface area contributed by atoms with Gasteiger partial charge in [-0.15, -0.1) is 0 Å². The van der Waals surface area contributed by atoms with E-state index in [0.717, 1.165) is 31.9 Å². The second kappa shape index (κ2) is 8.95. The summed E-state index contributed by atoms with van der Waals surface area (Å²) >= 11 is 0. The highest BCUT2D eigenvalue weighted by Gasteiger charge is 2.00. The summed E-state index contributed by atoms with van der Waals surface area (Å²) in [4.78, 5) is 0. The van der Waals surface area contributed by atoms with Crippen LogP contribution >= 0.6 is 0 Å². The lowest BCUT2D eigenvalue weighted by molar-refractivity contribution is 0.309. The zero-order valence-electron chi connectivity index (χ0n) is 11.8. The van der Waals surface area contributed by atoms with Gasteiger partial charge in [0.1, 0.15) is 5.75 Å². The van der Waals surface area contributed by atoms with Gasteiger partial charge in [-0.2, -0.15) is 0 Å². The lowest BCUT2D eigenvalue weighted by Gasteiger charge is -2.13. The molecule has 1 aromatic rings. The van der Waals surface area contributed by atoms with Crippen LogP contribution in [0.1, 0.15) is 32.3 Å². The largest absolute Gasteiger partial charge is 0.494 e. The molecule has 0 saturated carbocycles. The smallest absolute Gasteiger partial charge is 0.119 e. The van der Waals surface area contributed by atoms with Gasteiger partial charge in [-0.05, 0) is 38.1 Å². The maximum absolute atomic E-state index is 5.64. The third-order valence-electron chi connectivity index (χ3n) is 2.85. The van der Waals surface area contributed by atoms with Crippen molar-refractivity contribution in [2.24, 2.45) is 0 Å². The molecule has 0 radical (unpaired) electrons. The van der Waals surface area contributed by atoms with Crippen molar-refractivity contribution in [2.75, 3.05) is 20.2 Å². The van der Waals surface area contributed by atoms with Crippen molar-refractivity contribution in [2.45, 2.75) is 39.3 Å². The summed E-state index contributed by atoms with van der Waals surface area (Å²) in [6, 6.07) is 8.83. The second-order valence-corrected chi connectivity index (χ2v) is 4.69. The fourth-order valence-electron chi connectivity index (χ4n) is 1.71. The van der Waals surface area contributed by atoms with Gasteiger partial charge in [0, 0.05) is 19.1 Å². The van der Waals surface area contributed by atoms with Crippen LogP contribution in [-0.2, 0) is 6.54 Å². The van der Waals surface area contributed by atoms with Gasteiger partial charge >= 0.3 is 0 Å². The average Bonchev–Trinajstić information content (AvgIpc) is 2.38. The van der Waals surface area contributed by atoms with Gasteiger partial charge in [-0.1, -0.05) is 25.5 Å². The first kappa shape index (κ1) is 15.0. The molecule has 1 rings (SSSR count). The number of ether oxygens (including phenoxy) is 1. The van der Waals surface area contributed by atoms with Crippen molar-refractivity contribution < 1.29 is 4.74 Å². The van der Waals surface area contributed by atoms with Crippen LogP contribution in [0.3, 0.4) is 0 Å². The Balaban J connectivity index is 2.31. The highest BCUT2D eigenvalue weighted by atomic mass is 16.5. The molecule has 0 bridgehead atoms. The van der Waals surface area contributed by atoms with Crippen molar-refractivity contribution >= 4 is 0 Å². The van der Waals surface area contributed by atoms with Gasteiger partial charge in [-0.3, -0.25) is 0 Å². The Bertz CT molecular complexity index is 311. The lowest BCUT2D eigenvalue weighted by atomic mass is 10.2. The molecule has 0 spiro atoms. The predicted molar refractivity (Wildman–Crippen MR) is 77.1 cm³/mol. The van der Waals surface area contributed by atoms with Gasteiger partial charge in [0.15, 0.2) is 0 Å². The van der Waals surface area contributed by atoms with Gasteiger partial charge in [0.2, 0.25) is 0 Å². The summed E-state index contributed by atoms with van der Waals surface area (Å²) in [6.45, 7) is 7.05. The molecular formula is C15H26N2O. The number of benzene rings is 1. The molecular weight excluding hydrogens is 224 g/mol. The SMILES string of the molecule is CCCCOc1ccc(CNC(C)CNC)cc1. The molecule has 0 aliphatic heterocycles. The quantitative estimate of drug-likeness (QED) is 0.661. The highest BCUT2D eigenvalue weighted by Crippen LogP contribution is 2.12. The van der Waals surface area contributed by atoms with Crippen molar-refractivity contribution in [1.82, 2.24) is 10.6 Å². The zero-order chi connectivity index (χ0) is 13.2. The Labute approximate surface area is 111 Å². The van der Waals surface area contributed by atoms with E-state index in [-0.39, 0.29) is 0 Å². The van der Waals surface area contributed by atoms with E-state index in [9.17, 15) is 0 Å². The summed E-state index contributed by atoms with van der Waals surface area (Å²) < 4.78 is 5.64. The third-order valence-corrected chi connectivity index (χ3v) is 2.85. The van der Waals surface area contributed by atoms with E-state index in [1.807, 2.05) is 7.05 Å². The van der Waals surface area contributed by atoms with Crippen LogP contribution in [0.2, 0.25) is 0 Å². The molecule has 0 heterocycles. The van der Waals surface area contributed by atoms with Crippen LogP contribution in [0.4, 0.5) is 0 Å². The minimum absolute atomic E-state index is 0.482. The fourth-order valence-corrected chi connectivity index (χ4v) is 1.71. The third kappa shape index (κ3) is 6.03. The summed E-state index contributed by atoms with van der Waals surface area (Å²) in [5.74, 6) is 0.968. The second-order valence-electron chi connectivity index (χ2n) is 4.69. The molecule has 1 aromatic carbocycles. The number of rotatable bonds is 9. The Morgan fingerprint density at radius 3 is 2.56 bits per heavy atom. The van der Waals surface area contributed by atoms with E-state index < -0.39 is 0 Å². The molecule has 0 aliphatic carbocycles. The molecule has 1 atom stereocenters. The van der Waals surface area contributed by atoms with E-state index in [4.69, 9.17) is 4.74 Å². The molecule has 3 nitrogen and oxygen atoms in total. The van der Waals surface area contributed by atoms with Crippen LogP contribution in [0.25, 0.3) is 0 Å². The van der Waals surface area contributed by atoms with Crippen molar-refractivity contribution in [3.8, 4) is 5.75 Å². The first-order chi connectivity index (χ1) is 8.76. The van der Waals surface area contributed by atoms with Gasteiger partial charge in [-0.25, -0.2) is 0 Å². The molecule has 0 amide bonds. The Morgan fingerprint density at radius 2 is 1.94 bits per heavy atom. The maximum Gasteiger partial charge on any atom is 0.119 e. The van der Waals surface area contributed by atoms with Gasteiger partial charge in [0.05, 0.1) is 6.61 Å². The van der Waals surface area contributed by atoms with Gasteiger partial charge in [0.25, 0.3) is 0 Å². The predicted octanol–water partition coefficient (Wildman–Crippen LogP) is 2.56. The molecule has 102 valence electrons. The number of likely N-dealkylation sites (N-methyl/N-ethyl adjacent to an activating group) is 1. The van der Waals surface area contributed by atoms with Crippen LogP contribution in [0.15, 0.2) is 24.3 Å². The minimum Gasteiger partial charge on any atom is -0.494 e. The molecule has 0 saturated heterocycles. The summed E-state index contributed by atoms with van der Waals surface area (Å²) in [5, 5.41) is 6.63. The van der Waals surface area contributed by atoms with E-state index in [2.05, 4.69) is 48.7 Å². The van der Waals surface area contributed by atoms with Crippen LogP contribution < -0.4 is 15.4 Å². The van der Waals surface area contributed by atoms with Crippen LogP contribution in [0.5, 0.6) is 5.75 Å². The summed E-state index contributed by atoms with van der Waals surface area (Å²) in [7, 11) is 1.97. The number of hydrogen-bond donors (Lipinski definition) is 2. The number of nitrogens with one attached hydrogen (secondary N) is 2. The fraction of sp³-hybridized carbons (Fsp3) is 0.600. The monoisotopic (exact) mass is 250 g/mol. The summed E-state index contributed by atoms with van der Waals surface area (Å²) in [5.41, 5.74) is 1.29. The van der Waals surface area contributed by atoms with Crippen molar-refractivity contribution in [1.29, 1.82) is 0 Å². The Hall–Kier alpha value is -1.06. The minimum atomic E-state index is 0.482. The standard InChI is InChI=1S/C15H26N2O/c1-4-5-10-18-15-8-6-14(7-9-15)12-17-13(2)11-16-3/h6-9,13,16-17H,4-5,10-12H2,1-3H3. The van der Waals surface area contributed by atoms with Crippen LogP contribution in [0, 0.1) is 0 Å². The molecule has 1 unspecified atom stereocenters. The van der Waals surface area contributed by atoms with Crippen molar-refractivity contribution in [3.05, 3.63) is 29.8 Å².